The van der Waals surface area contributed by atoms with Gasteiger partial charge in [-0.1, -0.05) is 6.07 Å². The lowest BCUT2D eigenvalue weighted by atomic mass is 10.2. The first-order valence-corrected chi connectivity index (χ1v) is 8.80. The molecule has 3 rings (SSSR count). The van der Waals surface area contributed by atoms with E-state index in [1.54, 1.807) is 6.20 Å². The Morgan fingerprint density at radius 2 is 2.19 bits per heavy atom. The number of halogens is 2. The molecule has 0 spiro atoms. The summed E-state index contributed by atoms with van der Waals surface area (Å²) < 4.78 is 27.1. The van der Waals surface area contributed by atoms with Crippen LogP contribution in [-0.2, 0) is 6.54 Å². The molecule has 26 heavy (non-hydrogen) atoms. The highest BCUT2D eigenvalue weighted by Crippen LogP contribution is 2.24. The number of guanidine groups is 1. The lowest BCUT2D eigenvalue weighted by Crippen LogP contribution is -2.44. The van der Waals surface area contributed by atoms with Gasteiger partial charge in [-0.2, -0.15) is 0 Å². The molecule has 1 atom stereocenters. The van der Waals surface area contributed by atoms with Crippen molar-refractivity contribution in [3.63, 3.8) is 0 Å². The summed E-state index contributed by atoms with van der Waals surface area (Å²) >= 11 is 0. The number of pyridine rings is 1. The predicted molar refractivity (Wildman–Crippen MR) is 99.2 cm³/mol. The van der Waals surface area contributed by atoms with Gasteiger partial charge >= 0.3 is 0 Å². The van der Waals surface area contributed by atoms with Crippen LogP contribution in [0, 0.1) is 11.6 Å². The Bertz CT molecular complexity index is 751. The smallest absolute Gasteiger partial charge is 0.191 e. The van der Waals surface area contributed by atoms with E-state index in [0.29, 0.717) is 31.3 Å². The van der Waals surface area contributed by atoms with Gasteiger partial charge in [0.05, 0.1) is 17.9 Å². The summed E-state index contributed by atoms with van der Waals surface area (Å²) in [6.07, 6.45) is 2.60. The van der Waals surface area contributed by atoms with Gasteiger partial charge in [-0.3, -0.25) is 4.98 Å². The van der Waals surface area contributed by atoms with Gasteiger partial charge in [0.25, 0.3) is 0 Å². The van der Waals surface area contributed by atoms with E-state index in [4.69, 9.17) is 0 Å². The number of rotatable bonds is 5. The number of aromatic nitrogens is 1. The second kappa shape index (κ2) is 8.60. The van der Waals surface area contributed by atoms with Crippen LogP contribution in [-0.4, -0.2) is 36.6 Å². The van der Waals surface area contributed by atoms with Crippen molar-refractivity contribution in [2.45, 2.75) is 25.9 Å². The maximum Gasteiger partial charge on any atom is 0.191 e. The molecule has 1 aromatic carbocycles. The fourth-order valence-electron chi connectivity index (χ4n) is 3.00. The van der Waals surface area contributed by atoms with E-state index >= 15 is 0 Å². The maximum atomic E-state index is 14.0. The molecule has 5 nitrogen and oxygen atoms in total. The summed E-state index contributed by atoms with van der Waals surface area (Å²) in [7, 11) is 0. The minimum Gasteiger partial charge on any atom is -0.367 e. The van der Waals surface area contributed by atoms with Gasteiger partial charge in [0.2, 0.25) is 0 Å². The van der Waals surface area contributed by atoms with Crippen molar-refractivity contribution in [1.82, 2.24) is 15.6 Å². The molecule has 2 aromatic rings. The average Bonchev–Trinajstić information content (AvgIpc) is 3.09. The number of hydrogen-bond donors (Lipinski definition) is 2. The molecular formula is C19H23F2N5. The van der Waals surface area contributed by atoms with Gasteiger partial charge in [-0.05, 0) is 37.6 Å². The quantitative estimate of drug-likeness (QED) is 0.637. The van der Waals surface area contributed by atoms with Crippen molar-refractivity contribution < 1.29 is 8.78 Å². The Balaban J connectivity index is 1.61. The number of nitrogens with one attached hydrogen (secondary N) is 2. The van der Waals surface area contributed by atoms with Gasteiger partial charge < -0.3 is 15.5 Å². The first kappa shape index (κ1) is 18.1. The summed E-state index contributed by atoms with van der Waals surface area (Å²) in [5, 5.41) is 6.61. The van der Waals surface area contributed by atoms with Crippen molar-refractivity contribution in [1.29, 1.82) is 0 Å². The van der Waals surface area contributed by atoms with E-state index in [2.05, 4.69) is 20.6 Å². The molecule has 0 amide bonds. The summed E-state index contributed by atoms with van der Waals surface area (Å²) in [6.45, 7) is 4.58. The molecule has 0 aliphatic carbocycles. The molecule has 0 radical (unpaired) electrons. The Labute approximate surface area is 152 Å². The molecular weight excluding hydrogens is 336 g/mol. The standard InChI is InChI=1S/C19H23F2N5/c1-2-22-19(24-12-15-5-3-4-9-23-15)25-16-8-10-26(13-16)18-7-6-14(20)11-17(18)21/h3-7,9,11,16H,2,8,10,12-13H2,1H3,(H2,22,24,25). The lowest BCUT2D eigenvalue weighted by molar-refractivity contribution is 0.580. The average molecular weight is 359 g/mol. The zero-order valence-electron chi connectivity index (χ0n) is 14.8. The fraction of sp³-hybridized carbons (Fsp3) is 0.368. The van der Waals surface area contributed by atoms with E-state index in [-0.39, 0.29) is 6.04 Å². The molecule has 1 aliphatic heterocycles. The van der Waals surface area contributed by atoms with Crippen LogP contribution in [0.3, 0.4) is 0 Å². The van der Waals surface area contributed by atoms with Crippen molar-refractivity contribution in [3.8, 4) is 0 Å². The molecule has 1 unspecified atom stereocenters. The normalized spacial score (nSPS) is 17.4. The molecule has 138 valence electrons. The van der Waals surface area contributed by atoms with Crippen LogP contribution in [0.5, 0.6) is 0 Å². The predicted octanol–water partition coefficient (Wildman–Crippen LogP) is 2.69. The minimum atomic E-state index is -0.559. The maximum absolute atomic E-state index is 14.0. The van der Waals surface area contributed by atoms with Gasteiger partial charge in [0.1, 0.15) is 11.6 Å². The molecule has 1 aromatic heterocycles. The van der Waals surface area contributed by atoms with E-state index in [9.17, 15) is 8.78 Å². The third-order valence-electron chi connectivity index (χ3n) is 4.25. The lowest BCUT2D eigenvalue weighted by Gasteiger charge is -2.21. The molecule has 1 saturated heterocycles. The SMILES string of the molecule is CCNC(=NCc1ccccn1)NC1CCN(c2ccc(F)cc2F)C1. The number of hydrogen-bond acceptors (Lipinski definition) is 3. The van der Waals surface area contributed by atoms with E-state index in [1.165, 1.54) is 12.1 Å². The highest BCUT2D eigenvalue weighted by Gasteiger charge is 2.25. The van der Waals surface area contributed by atoms with Crippen molar-refractivity contribution in [2.24, 2.45) is 4.99 Å². The number of nitrogens with zero attached hydrogens (tertiary/aromatic N) is 3. The molecule has 0 bridgehead atoms. The topological polar surface area (TPSA) is 52.6 Å². The van der Waals surface area contributed by atoms with Crippen LogP contribution < -0.4 is 15.5 Å². The van der Waals surface area contributed by atoms with E-state index in [0.717, 1.165) is 24.7 Å². The van der Waals surface area contributed by atoms with Crippen molar-refractivity contribution in [3.05, 3.63) is 59.9 Å². The van der Waals surface area contributed by atoms with E-state index < -0.39 is 11.6 Å². The second-order valence-electron chi connectivity index (χ2n) is 6.19. The Kier molecular flexibility index (Phi) is 5.99. The number of anilines is 1. The highest BCUT2D eigenvalue weighted by atomic mass is 19.1. The molecule has 1 aliphatic rings. The third kappa shape index (κ3) is 4.68. The minimum absolute atomic E-state index is 0.140. The van der Waals surface area contributed by atoms with Crippen LogP contribution in [0.25, 0.3) is 0 Å². The van der Waals surface area contributed by atoms with Gasteiger partial charge in [0, 0.05) is 37.9 Å². The first-order chi connectivity index (χ1) is 12.7. The van der Waals surface area contributed by atoms with Crippen LogP contribution in [0.2, 0.25) is 0 Å². The molecule has 1 fully saturated rings. The van der Waals surface area contributed by atoms with Crippen LogP contribution in [0.1, 0.15) is 19.0 Å². The zero-order valence-corrected chi connectivity index (χ0v) is 14.8. The third-order valence-corrected chi connectivity index (χ3v) is 4.25. The summed E-state index contributed by atoms with van der Waals surface area (Å²) in [4.78, 5) is 10.8. The van der Waals surface area contributed by atoms with E-state index in [1.807, 2.05) is 30.0 Å². The molecule has 0 saturated carbocycles. The summed E-state index contributed by atoms with van der Waals surface area (Å²) in [5.41, 5.74) is 1.33. The number of benzene rings is 1. The van der Waals surface area contributed by atoms with Gasteiger partial charge in [0.15, 0.2) is 5.96 Å². The molecule has 2 N–H and O–H groups in total. The van der Waals surface area contributed by atoms with Crippen molar-refractivity contribution >= 4 is 11.6 Å². The molecule has 2 heterocycles. The van der Waals surface area contributed by atoms with Crippen LogP contribution in [0.4, 0.5) is 14.5 Å². The Morgan fingerprint density at radius 3 is 2.92 bits per heavy atom. The monoisotopic (exact) mass is 359 g/mol. The molecule has 7 heteroatoms. The fourth-order valence-corrected chi connectivity index (χ4v) is 3.00. The Hall–Kier alpha value is -2.70. The van der Waals surface area contributed by atoms with Crippen molar-refractivity contribution in [2.75, 3.05) is 24.5 Å². The zero-order chi connectivity index (χ0) is 18.4. The Morgan fingerprint density at radius 1 is 1.31 bits per heavy atom. The van der Waals surface area contributed by atoms with Gasteiger partial charge in [-0.25, -0.2) is 13.8 Å². The van der Waals surface area contributed by atoms with Crippen LogP contribution >= 0.6 is 0 Å². The highest BCUT2D eigenvalue weighted by molar-refractivity contribution is 5.80. The summed E-state index contributed by atoms with van der Waals surface area (Å²) in [5.74, 6) is -0.373. The summed E-state index contributed by atoms with van der Waals surface area (Å²) in [6, 6.07) is 9.59. The first-order valence-electron chi connectivity index (χ1n) is 8.80. The van der Waals surface area contributed by atoms with Gasteiger partial charge in [-0.15, -0.1) is 0 Å². The second-order valence-corrected chi connectivity index (χ2v) is 6.19. The van der Waals surface area contributed by atoms with Crippen LogP contribution in [0.15, 0.2) is 47.6 Å². The largest absolute Gasteiger partial charge is 0.367 e. The number of aliphatic imine (C=N–C) groups is 1.